The summed E-state index contributed by atoms with van der Waals surface area (Å²) in [7, 11) is 0. The van der Waals surface area contributed by atoms with E-state index in [1.807, 2.05) is 0 Å². The molecule has 1 N–H and O–H groups in total. The van der Waals surface area contributed by atoms with Crippen LogP contribution in [0.5, 0.6) is 5.88 Å². The number of hydrogen-bond donors (Lipinski definition) is 1. The fourth-order valence-corrected chi connectivity index (χ4v) is 2.92. The van der Waals surface area contributed by atoms with Crippen molar-refractivity contribution in [3.63, 3.8) is 0 Å². The molecule has 2 fully saturated rings. The van der Waals surface area contributed by atoms with Gasteiger partial charge in [0.15, 0.2) is 0 Å². The van der Waals surface area contributed by atoms with Gasteiger partial charge in [0.25, 0.3) is 0 Å². The quantitative estimate of drug-likeness (QED) is 0.813. The summed E-state index contributed by atoms with van der Waals surface area (Å²) < 4.78 is 6.01. The summed E-state index contributed by atoms with van der Waals surface area (Å²) in [6, 6.07) is 0. The van der Waals surface area contributed by atoms with Crippen molar-refractivity contribution < 1.29 is 4.74 Å². The van der Waals surface area contributed by atoms with Crippen LogP contribution in [-0.4, -0.2) is 29.2 Å². The SMILES string of the molecule is c1cnc(OC2[C@@H]3CCC[C@H]2CNC3)cn1. The van der Waals surface area contributed by atoms with E-state index in [0.717, 1.165) is 13.1 Å². The van der Waals surface area contributed by atoms with E-state index < -0.39 is 0 Å². The average molecular weight is 219 g/mol. The van der Waals surface area contributed by atoms with Crippen LogP contribution in [0.4, 0.5) is 0 Å². The Labute approximate surface area is 95.4 Å². The molecule has 2 bridgehead atoms. The van der Waals surface area contributed by atoms with Gasteiger partial charge in [-0.15, -0.1) is 0 Å². The lowest BCUT2D eigenvalue weighted by Crippen LogP contribution is -2.52. The maximum atomic E-state index is 6.01. The second-order valence-corrected chi connectivity index (χ2v) is 4.74. The first-order valence-corrected chi connectivity index (χ1v) is 6.07. The van der Waals surface area contributed by atoms with Gasteiger partial charge in [0.05, 0.1) is 6.20 Å². The Morgan fingerprint density at radius 2 is 2.00 bits per heavy atom. The van der Waals surface area contributed by atoms with Gasteiger partial charge < -0.3 is 10.1 Å². The van der Waals surface area contributed by atoms with Crippen LogP contribution < -0.4 is 10.1 Å². The highest BCUT2D eigenvalue weighted by Gasteiger charge is 2.38. The minimum Gasteiger partial charge on any atom is -0.473 e. The van der Waals surface area contributed by atoms with Crippen LogP contribution in [0.25, 0.3) is 0 Å². The topological polar surface area (TPSA) is 47.0 Å². The number of rotatable bonds is 2. The Hall–Kier alpha value is -1.16. The summed E-state index contributed by atoms with van der Waals surface area (Å²) in [5.41, 5.74) is 0. The number of piperidine rings is 1. The summed E-state index contributed by atoms with van der Waals surface area (Å²) in [5, 5.41) is 3.49. The second-order valence-electron chi connectivity index (χ2n) is 4.74. The lowest BCUT2D eigenvalue weighted by Gasteiger charge is -2.42. The van der Waals surface area contributed by atoms with Crippen molar-refractivity contribution in [2.75, 3.05) is 13.1 Å². The molecular weight excluding hydrogens is 202 g/mol. The van der Waals surface area contributed by atoms with Crippen LogP contribution in [-0.2, 0) is 0 Å². The second kappa shape index (κ2) is 4.37. The van der Waals surface area contributed by atoms with E-state index in [0.29, 0.717) is 23.8 Å². The highest BCUT2D eigenvalue weighted by Crippen LogP contribution is 2.34. The normalized spacial score (nSPS) is 33.4. The van der Waals surface area contributed by atoms with Gasteiger partial charge in [0, 0.05) is 37.3 Å². The van der Waals surface area contributed by atoms with Gasteiger partial charge >= 0.3 is 0 Å². The smallest absolute Gasteiger partial charge is 0.232 e. The van der Waals surface area contributed by atoms with Crippen molar-refractivity contribution >= 4 is 0 Å². The molecule has 0 aromatic carbocycles. The van der Waals surface area contributed by atoms with E-state index in [-0.39, 0.29) is 0 Å². The Kier molecular flexibility index (Phi) is 2.74. The van der Waals surface area contributed by atoms with Crippen LogP contribution in [0, 0.1) is 11.8 Å². The van der Waals surface area contributed by atoms with Crippen LogP contribution >= 0.6 is 0 Å². The van der Waals surface area contributed by atoms with Gasteiger partial charge in [0.2, 0.25) is 5.88 Å². The van der Waals surface area contributed by atoms with E-state index in [9.17, 15) is 0 Å². The zero-order valence-corrected chi connectivity index (χ0v) is 9.30. The largest absolute Gasteiger partial charge is 0.473 e. The predicted octanol–water partition coefficient (Wildman–Crippen LogP) is 1.24. The standard InChI is InChI=1S/C12H17N3O/c1-2-9-6-14-7-10(3-1)12(9)16-11-8-13-4-5-15-11/h4-5,8-10,12,14H,1-3,6-7H2/t9-,10+,12?. The van der Waals surface area contributed by atoms with Crippen molar-refractivity contribution in [1.82, 2.24) is 15.3 Å². The fourth-order valence-electron chi connectivity index (χ4n) is 2.92. The lowest BCUT2D eigenvalue weighted by atomic mass is 9.76. The van der Waals surface area contributed by atoms with Crippen molar-refractivity contribution in [3.8, 4) is 5.88 Å². The molecule has 2 aliphatic rings. The fraction of sp³-hybridized carbons (Fsp3) is 0.667. The van der Waals surface area contributed by atoms with Crippen LogP contribution in [0.3, 0.4) is 0 Å². The number of nitrogens with zero attached hydrogens (tertiary/aromatic N) is 2. The molecule has 1 aliphatic heterocycles. The van der Waals surface area contributed by atoms with E-state index in [2.05, 4.69) is 15.3 Å². The van der Waals surface area contributed by atoms with Gasteiger partial charge in [-0.1, -0.05) is 6.42 Å². The first kappa shape index (κ1) is 10.0. The van der Waals surface area contributed by atoms with Gasteiger partial charge in [-0.05, 0) is 12.8 Å². The Balaban J connectivity index is 1.74. The predicted molar refractivity (Wildman–Crippen MR) is 60.1 cm³/mol. The van der Waals surface area contributed by atoms with Crippen molar-refractivity contribution in [2.24, 2.45) is 11.8 Å². The Bertz CT molecular complexity index is 321. The van der Waals surface area contributed by atoms with Crippen molar-refractivity contribution in [3.05, 3.63) is 18.6 Å². The monoisotopic (exact) mass is 219 g/mol. The molecular formula is C12H17N3O. The van der Waals surface area contributed by atoms with Gasteiger partial charge in [-0.2, -0.15) is 0 Å². The average Bonchev–Trinajstić information content (AvgIpc) is 2.30. The van der Waals surface area contributed by atoms with Gasteiger partial charge in [0.1, 0.15) is 6.10 Å². The maximum Gasteiger partial charge on any atom is 0.232 e. The van der Waals surface area contributed by atoms with Gasteiger partial charge in [-0.25, -0.2) is 4.98 Å². The summed E-state index contributed by atoms with van der Waals surface area (Å²) >= 11 is 0. The van der Waals surface area contributed by atoms with Crippen LogP contribution in [0.15, 0.2) is 18.6 Å². The first-order valence-electron chi connectivity index (χ1n) is 6.07. The zero-order valence-electron chi connectivity index (χ0n) is 9.30. The van der Waals surface area contributed by atoms with E-state index in [4.69, 9.17) is 4.74 Å². The molecule has 1 saturated carbocycles. The van der Waals surface area contributed by atoms with Crippen LogP contribution in [0.2, 0.25) is 0 Å². The Morgan fingerprint density at radius 3 is 2.69 bits per heavy atom. The van der Waals surface area contributed by atoms with E-state index in [1.54, 1.807) is 18.6 Å². The van der Waals surface area contributed by atoms with Crippen molar-refractivity contribution in [2.45, 2.75) is 25.4 Å². The Morgan fingerprint density at radius 1 is 1.19 bits per heavy atom. The summed E-state index contributed by atoms with van der Waals surface area (Å²) in [6.07, 6.45) is 9.30. The molecule has 1 aromatic heterocycles. The molecule has 4 heteroatoms. The zero-order chi connectivity index (χ0) is 10.8. The molecule has 1 saturated heterocycles. The molecule has 3 rings (SSSR count). The summed E-state index contributed by atoms with van der Waals surface area (Å²) in [6.45, 7) is 2.17. The molecule has 0 radical (unpaired) electrons. The maximum absolute atomic E-state index is 6.01. The van der Waals surface area contributed by atoms with Crippen molar-refractivity contribution in [1.29, 1.82) is 0 Å². The molecule has 16 heavy (non-hydrogen) atoms. The van der Waals surface area contributed by atoms with E-state index in [1.165, 1.54) is 19.3 Å². The molecule has 3 atom stereocenters. The molecule has 4 nitrogen and oxygen atoms in total. The third-order valence-corrected chi connectivity index (χ3v) is 3.69. The number of ether oxygens (including phenoxy) is 1. The third kappa shape index (κ3) is 1.89. The minimum atomic E-state index is 0.340. The molecule has 1 unspecified atom stereocenters. The molecule has 1 aromatic rings. The van der Waals surface area contributed by atoms with E-state index >= 15 is 0 Å². The minimum absolute atomic E-state index is 0.340. The molecule has 0 amide bonds. The number of aromatic nitrogens is 2. The number of fused-ring (bicyclic) bond motifs is 2. The third-order valence-electron chi connectivity index (χ3n) is 3.69. The van der Waals surface area contributed by atoms with Crippen LogP contribution in [0.1, 0.15) is 19.3 Å². The number of hydrogen-bond acceptors (Lipinski definition) is 4. The first-order chi connectivity index (χ1) is 7.93. The molecule has 2 heterocycles. The highest BCUT2D eigenvalue weighted by molar-refractivity contribution is 5.04. The van der Waals surface area contributed by atoms with Gasteiger partial charge in [-0.3, -0.25) is 4.98 Å². The summed E-state index contributed by atoms with van der Waals surface area (Å²) in [4.78, 5) is 8.24. The highest BCUT2D eigenvalue weighted by atomic mass is 16.5. The molecule has 1 aliphatic carbocycles. The molecule has 0 spiro atoms. The number of nitrogens with one attached hydrogen (secondary N) is 1. The lowest BCUT2D eigenvalue weighted by molar-refractivity contribution is 0.0127. The molecule has 86 valence electrons. The summed E-state index contributed by atoms with van der Waals surface area (Å²) in [5.74, 6) is 1.97.